The highest BCUT2D eigenvalue weighted by Gasteiger charge is 2.37. The number of anilines is 1. The zero-order valence-corrected chi connectivity index (χ0v) is 24.6. The zero-order valence-electron chi connectivity index (χ0n) is 24.6. The van der Waals surface area contributed by atoms with Crippen LogP contribution in [0.2, 0.25) is 0 Å². The Bertz CT molecular complexity index is 1840. The first-order valence-electron chi connectivity index (χ1n) is 15.3. The van der Waals surface area contributed by atoms with Crippen LogP contribution in [0.15, 0.2) is 99.6 Å². The summed E-state index contributed by atoms with van der Waals surface area (Å²) < 4.78 is 0.917. The van der Waals surface area contributed by atoms with Crippen LogP contribution in [-0.4, -0.2) is 27.4 Å². The molecule has 10 nitrogen and oxygen atoms in total. The summed E-state index contributed by atoms with van der Waals surface area (Å²) in [4.78, 5) is 67.4. The minimum Gasteiger partial charge on any atom is -0.859 e. The second-order valence-corrected chi connectivity index (χ2v) is 11.8. The molecule has 6 rings (SSSR count). The molecule has 3 unspecified atom stereocenters. The van der Waals surface area contributed by atoms with Gasteiger partial charge >= 0.3 is 11.7 Å². The van der Waals surface area contributed by atoms with E-state index in [9.17, 15) is 29.1 Å². The number of allylic oxidation sites excluding steroid dienone is 4. The normalized spacial score (nSPS) is 23.3. The van der Waals surface area contributed by atoms with Gasteiger partial charge in [-0.2, -0.15) is 0 Å². The molecule has 4 amide bonds. The maximum Gasteiger partial charge on any atom is 0.335 e. The minimum absolute atomic E-state index is 0.0558. The lowest BCUT2D eigenvalue weighted by molar-refractivity contribution is -0.278. The second kappa shape index (κ2) is 12.8. The third-order valence-electron chi connectivity index (χ3n) is 9.13. The lowest BCUT2D eigenvalue weighted by Gasteiger charge is -2.39. The number of amides is 4. The molecule has 3 atom stereocenters. The van der Waals surface area contributed by atoms with Gasteiger partial charge in [-0.05, 0) is 84.9 Å². The molecule has 2 N–H and O–H groups in total. The molecule has 45 heavy (non-hydrogen) atoms. The molecule has 2 aromatic carbocycles. The number of nitrogens with zero attached hydrogens (tertiary/aromatic N) is 2. The van der Waals surface area contributed by atoms with Gasteiger partial charge in [-0.15, -0.1) is 0 Å². The van der Waals surface area contributed by atoms with Crippen LogP contribution in [0, 0.1) is 17.8 Å². The molecule has 1 aromatic heterocycles. The van der Waals surface area contributed by atoms with Gasteiger partial charge in [0, 0.05) is 11.3 Å². The van der Waals surface area contributed by atoms with Gasteiger partial charge in [0.15, 0.2) is 0 Å². The Labute approximate surface area is 259 Å². The Morgan fingerprint density at radius 3 is 2.20 bits per heavy atom. The summed E-state index contributed by atoms with van der Waals surface area (Å²) in [5.41, 5.74) is -0.662. The Balaban J connectivity index is 1.39. The van der Waals surface area contributed by atoms with Crippen molar-refractivity contribution in [2.45, 2.75) is 44.9 Å². The Morgan fingerprint density at radius 2 is 1.49 bits per heavy atom. The van der Waals surface area contributed by atoms with Crippen molar-refractivity contribution in [3.8, 4) is 11.6 Å². The van der Waals surface area contributed by atoms with Crippen molar-refractivity contribution in [2.75, 3.05) is 4.90 Å². The van der Waals surface area contributed by atoms with E-state index in [1.54, 1.807) is 72.8 Å². The molecule has 3 aliphatic rings. The fourth-order valence-electron chi connectivity index (χ4n) is 6.84. The fraction of sp³-hybridized carbons (Fsp3) is 0.286. The van der Waals surface area contributed by atoms with Crippen LogP contribution in [0.25, 0.3) is 11.8 Å². The molecule has 2 aliphatic carbocycles. The molecule has 1 saturated heterocycles. The molecule has 2 heterocycles. The van der Waals surface area contributed by atoms with Crippen molar-refractivity contribution < 1.29 is 19.5 Å². The summed E-state index contributed by atoms with van der Waals surface area (Å²) in [7, 11) is 0. The van der Waals surface area contributed by atoms with Gasteiger partial charge in [0.1, 0.15) is 5.57 Å². The molecule has 0 bridgehead atoms. The highest BCUT2D eigenvalue weighted by molar-refractivity contribution is 6.37. The average molecular weight is 606 g/mol. The SMILES string of the molecule is O=C1NC(=O)N(c2ccccc2)C(=O)C1=CC=C(C=Cc1c([O-])n(-c2ccccc2)c(=O)[nH]c1=O)C1CCC2CCCCC2C1. The van der Waals surface area contributed by atoms with Crippen molar-refractivity contribution in [2.24, 2.45) is 17.8 Å². The summed E-state index contributed by atoms with van der Waals surface area (Å²) in [5.74, 6) is -1.04. The fourth-order valence-corrected chi connectivity index (χ4v) is 6.84. The monoisotopic (exact) mass is 605 g/mol. The molecular weight excluding hydrogens is 572 g/mol. The lowest BCUT2D eigenvalue weighted by atomic mass is 9.66. The van der Waals surface area contributed by atoms with E-state index in [0.29, 0.717) is 23.2 Å². The number of para-hydroxylation sites is 2. The standard InChI is InChI=1S/C35H34N4O6/c40-30-28(32(42)38(34(44)36-30)26-11-3-1-4-12-26)19-17-23(25-16-15-22-9-7-8-10-24(22)21-25)18-20-29-31(41)37-35(45)39(33(29)43)27-13-5-2-6-14-27/h1-6,11-14,17-20,22,24-25,42H,7-10,15-16,21H2,(H,36,40,44)(H,37,41,45)/p-1. The highest BCUT2D eigenvalue weighted by Crippen LogP contribution is 2.45. The number of nitrogens with one attached hydrogen (secondary N) is 2. The number of benzene rings is 2. The number of aromatic nitrogens is 2. The predicted molar refractivity (Wildman–Crippen MR) is 168 cm³/mol. The van der Waals surface area contributed by atoms with Crippen LogP contribution in [0.5, 0.6) is 5.88 Å². The minimum atomic E-state index is -0.830. The van der Waals surface area contributed by atoms with Gasteiger partial charge < -0.3 is 5.11 Å². The lowest BCUT2D eigenvalue weighted by Crippen LogP contribution is -2.54. The number of imide groups is 2. The zero-order chi connectivity index (χ0) is 31.5. The third-order valence-corrected chi connectivity index (χ3v) is 9.13. The molecule has 230 valence electrons. The third kappa shape index (κ3) is 6.08. The molecule has 2 saturated carbocycles. The van der Waals surface area contributed by atoms with Crippen LogP contribution in [-0.2, 0) is 9.59 Å². The smallest absolute Gasteiger partial charge is 0.335 e. The summed E-state index contributed by atoms with van der Waals surface area (Å²) in [5, 5.41) is 15.6. The Kier molecular flexibility index (Phi) is 8.46. The number of carbonyl (C=O) groups is 3. The van der Waals surface area contributed by atoms with Crippen molar-refractivity contribution in [1.29, 1.82) is 0 Å². The van der Waals surface area contributed by atoms with E-state index in [4.69, 9.17) is 0 Å². The molecule has 1 aliphatic heterocycles. The van der Waals surface area contributed by atoms with Crippen molar-refractivity contribution >= 4 is 29.6 Å². The quantitative estimate of drug-likeness (QED) is 0.243. The van der Waals surface area contributed by atoms with E-state index in [1.807, 2.05) is 0 Å². The molecule has 0 radical (unpaired) electrons. The van der Waals surface area contributed by atoms with Gasteiger partial charge in [-0.1, -0.05) is 74.2 Å². The van der Waals surface area contributed by atoms with Gasteiger partial charge in [0.25, 0.3) is 17.4 Å². The van der Waals surface area contributed by atoms with E-state index >= 15 is 0 Å². The van der Waals surface area contributed by atoms with Crippen molar-refractivity contribution in [3.63, 3.8) is 0 Å². The van der Waals surface area contributed by atoms with Crippen LogP contribution < -0.4 is 26.6 Å². The summed E-state index contributed by atoms with van der Waals surface area (Å²) in [6.45, 7) is 0. The van der Waals surface area contributed by atoms with E-state index in [0.717, 1.165) is 40.7 Å². The van der Waals surface area contributed by atoms with Crippen LogP contribution in [0.3, 0.4) is 0 Å². The number of hydrogen-bond donors (Lipinski definition) is 2. The first-order chi connectivity index (χ1) is 21.8. The summed E-state index contributed by atoms with van der Waals surface area (Å²) >= 11 is 0. The van der Waals surface area contributed by atoms with Crippen LogP contribution >= 0.6 is 0 Å². The van der Waals surface area contributed by atoms with Gasteiger partial charge in [0.05, 0.1) is 5.69 Å². The molecule has 0 spiro atoms. The van der Waals surface area contributed by atoms with E-state index in [1.165, 1.54) is 31.4 Å². The van der Waals surface area contributed by atoms with Gasteiger partial charge in [-0.25, -0.2) is 14.5 Å². The number of aromatic amines is 1. The van der Waals surface area contributed by atoms with Crippen molar-refractivity contribution in [3.05, 3.63) is 116 Å². The molecular formula is C35H33N4O6-. The number of barbiturate groups is 1. The number of H-pyrrole nitrogens is 1. The number of rotatable bonds is 6. The Morgan fingerprint density at radius 1 is 0.822 bits per heavy atom. The first-order valence-corrected chi connectivity index (χ1v) is 15.3. The largest absolute Gasteiger partial charge is 0.859 e. The van der Waals surface area contributed by atoms with Gasteiger partial charge in [0.2, 0.25) is 0 Å². The number of urea groups is 1. The molecule has 3 fully saturated rings. The van der Waals surface area contributed by atoms with Crippen molar-refractivity contribution in [1.82, 2.24) is 14.9 Å². The Hall–Kier alpha value is -5.25. The maximum atomic E-state index is 13.4. The molecule has 3 aromatic rings. The predicted octanol–water partition coefficient (Wildman–Crippen LogP) is 4.35. The van der Waals surface area contributed by atoms with Gasteiger partial charge in [-0.3, -0.25) is 29.3 Å². The maximum absolute atomic E-state index is 13.4. The first kappa shape index (κ1) is 29.8. The average Bonchev–Trinajstić information content (AvgIpc) is 3.04. The van der Waals surface area contributed by atoms with E-state index < -0.39 is 35.0 Å². The number of fused-ring (bicyclic) bond motifs is 1. The summed E-state index contributed by atoms with van der Waals surface area (Å²) in [6.07, 6.45) is 13.7. The van der Waals surface area contributed by atoms with Crippen LogP contribution in [0.1, 0.15) is 50.5 Å². The van der Waals surface area contributed by atoms with E-state index in [-0.39, 0.29) is 17.1 Å². The van der Waals surface area contributed by atoms with E-state index in [2.05, 4.69) is 10.3 Å². The number of hydrogen-bond acceptors (Lipinski definition) is 6. The highest BCUT2D eigenvalue weighted by atomic mass is 16.3. The topological polar surface area (TPSA) is 144 Å². The second-order valence-electron chi connectivity index (χ2n) is 11.8. The molecule has 10 heteroatoms. The number of carbonyl (C=O) groups excluding carboxylic acids is 3. The van der Waals surface area contributed by atoms with Crippen LogP contribution in [0.4, 0.5) is 10.5 Å². The summed E-state index contributed by atoms with van der Waals surface area (Å²) in [6, 6.07) is 15.8.